The summed E-state index contributed by atoms with van der Waals surface area (Å²) in [7, 11) is 0. The van der Waals surface area contributed by atoms with Gasteiger partial charge in [-0.25, -0.2) is 8.78 Å². The molecule has 1 aliphatic carbocycles. The first-order valence-corrected chi connectivity index (χ1v) is 7.24. The number of halogens is 2. The number of benzene rings is 1. The fraction of sp³-hybridized carbons (Fsp3) is 0.625. The number of aryl methyl sites for hydroxylation is 1. The zero-order chi connectivity index (χ0) is 14.0. The van der Waals surface area contributed by atoms with Crippen LogP contribution in [0.15, 0.2) is 12.1 Å². The average Bonchev–Trinajstić information content (AvgIpc) is 2.74. The van der Waals surface area contributed by atoms with Gasteiger partial charge in [-0.2, -0.15) is 0 Å². The van der Waals surface area contributed by atoms with Crippen molar-refractivity contribution in [3.05, 3.63) is 34.9 Å². The first-order chi connectivity index (χ1) is 9.06. The van der Waals surface area contributed by atoms with Gasteiger partial charge < -0.3 is 5.32 Å². The number of rotatable bonds is 4. The maximum Gasteiger partial charge on any atom is 0.132 e. The van der Waals surface area contributed by atoms with E-state index in [2.05, 4.69) is 19.2 Å². The lowest BCUT2D eigenvalue weighted by molar-refractivity contribution is 0.390. The van der Waals surface area contributed by atoms with Crippen LogP contribution in [-0.4, -0.2) is 12.6 Å². The van der Waals surface area contributed by atoms with E-state index in [0.29, 0.717) is 17.2 Å². The highest BCUT2D eigenvalue weighted by atomic mass is 19.1. The summed E-state index contributed by atoms with van der Waals surface area (Å²) in [6.07, 6.45) is 2.94. The van der Waals surface area contributed by atoms with Gasteiger partial charge >= 0.3 is 0 Å². The van der Waals surface area contributed by atoms with E-state index < -0.39 is 5.82 Å². The van der Waals surface area contributed by atoms with Crippen molar-refractivity contribution in [2.45, 2.75) is 52.0 Å². The van der Waals surface area contributed by atoms with Crippen LogP contribution in [0.1, 0.15) is 50.2 Å². The van der Waals surface area contributed by atoms with Crippen molar-refractivity contribution in [3.8, 4) is 0 Å². The first kappa shape index (κ1) is 14.4. The lowest BCUT2D eigenvalue weighted by Gasteiger charge is -2.23. The van der Waals surface area contributed by atoms with Crippen LogP contribution >= 0.6 is 0 Å². The molecular formula is C16H23F2N. The van der Waals surface area contributed by atoms with Crippen LogP contribution in [0, 0.1) is 24.5 Å². The highest BCUT2D eigenvalue weighted by molar-refractivity contribution is 5.31. The molecule has 1 saturated carbocycles. The normalized spacial score (nSPS) is 26.9. The predicted octanol–water partition coefficient (Wildman–Crippen LogP) is 4.15. The Morgan fingerprint density at radius 3 is 2.68 bits per heavy atom. The minimum atomic E-state index is -0.393. The Labute approximate surface area is 114 Å². The topological polar surface area (TPSA) is 12.0 Å². The van der Waals surface area contributed by atoms with Crippen molar-refractivity contribution in [1.29, 1.82) is 0 Å². The van der Waals surface area contributed by atoms with Crippen LogP contribution < -0.4 is 5.32 Å². The van der Waals surface area contributed by atoms with Crippen LogP contribution in [0.2, 0.25) is 0 Å². The molecule has 0 bridgehead atoms. The SMILES string of the molecule is CCCNC1CCC(c2c(F)ccc(C)c2F)C1C. The molecule has 0 saturated heterocycles. The molecule has 19 heavy (non-hydrogen) atoms. The standard InChI is InChI=1S/C16H23F2N/c1-4-9-19-14-8-6-12(11(14)3)15-13(17)7-5-10(2)16(15)18/h5,7,11-12,14,19H,4,6,8-9H2,1-3H3. The van der Waals surface area contributed by atoms with Gasteiger partial charge in [0.2, 0.25) is 0 Å². The molecule has 0 radical (unpaired) electrons. The van der Waals surface area contributed by atoms with Crippen LogP contribution in [0.3, 0.4) is 0 Å². The van der Waals surface area contributed by atoms with E-state index in [9.17, 15) is 8.78 Å². The van der Waals surface area contributed by atoms with Gasteiger partial charge in [0.15, 0.2) is 0 Å². The zero-order valence-corrected chi connectivity index (χ0v) is 12.0. The Morgan fingerprint density at radius 1 is 1.26 bits per heavy atom. The lowest BCUT2D eigenvalue weighted by atomic mass is 9.87. The molecule has 106 valence electrons. The van der Waals surface area contributed by atoms with E-state index >= 15 is 0 Å². The number of hydrogen-bond donors (Lipinski definition) is 1. The van der Waals surface area contributed by atoms with Gasteiger partial charge in [-0.3, -0.25) is 0 Å². The summed E-state index contributed by atoms with van der Waals surface area (Å²) in [4.78, 5) is 0. The van der Waals surface area contributed by atoms with E-state index in [1.807, 2.05) is 0 Å². The van der Waals surface area contributed by atoms with Gasteiger partial charge in [-0.1, -0.05) is 19.9 Å². The first-order valence-electron chi connectivity index (χ1n) is 7.24. The summed E-state index contributed by atoms with van der Waals surface area (Å²) >= 11 is 0. The monoisotopic (exact) mass is 267 g/mol. The molecule has 2 rings (SSSR count). The van der Waals surface area contributed by atoms with E-state index in [1.165, 1.54) is 12.1 Å². The molecule has 3 heteroatoms. The van der Waals surface area contributed by atoms with E-state index in [-0.39, 0.29) is 17.7 Å². The lowest BCUT2D eigenvalue weighted by Crippen LogP contribution is -2.33. The summed E-state index contributed by atoms with van der Waals surface area (Å²) < 4.78 is 28.2. The van der Waals surface area contributed by atoms with Crippen molar-refractivity contribution >= 4 is 0 Å². The van der Waals surface area contributed by atoms with E-state index in [4.69, 9.17) is 0 Å². The van der Waals surface area contributed by atoms with Crippen molar-refractivity contribution in [2.24, 2.45) is 5.92 Å². The second-order valence-electron chi connectivity index (χ2n) is 5.70. The van der Waals surface area contributed by atoms with Gasteiger partial charge in [-0.05, 0) is 56.2 Å². The molecule has 0 aliphatic heterocycles. The molecule has 3 atom stereocenters. The van der Waals surface area contributed by atoms with Crippen molar-refractivity contribution < 1.29 is 8.78 Å². The minimum Gasteiger partial charge on any atom is -0.314 e. The smallest absolute Gasteiger partial charge is 0.132 e. The Hall–Kier alpha value is -0.960. The van der Waals surface area contributed by atoms with Gasteiger partial charge in [0, 0.05) is 11.6 Å². The predicted molar refractivity (Wildman–Crippen MR) is 74.3 cm³/mol. The van der Waals surface area contributed by atoms with Crippen LogP contribution in [-0.2, 0) is 0 Å². The van der Waals surface area contributed by atoms with Gasteiger partial charge in [-0.15, -0.1) is 0 Å². The second kappa shape index (κ2) is 6.00. The van der Waals surface area contributed by atoms with Gasteiger partial charge in [0.05, 0.1) is 0 Å². The number of nitrogens with one attached hydrogen (secondary N) is 1. The van der Waals surface area contributed by atoms with E-state index in [1.54, 1.807) is 6.92 Å². The molecule has 1 nitrogen and oxygen atoms in total. The molecule has 1 aliphatic rings. The van der Waals surface area contributed by atoms with Gasteiger partial charge in [0.1, 0.15) is 11.6 Å². The summed E-state index contributed by atoms with van der Waals surface area (Å²) in [6, 6.07) is 3.29. The summed E-state index contributed by atoms with van der Waals surface area (Å²) in [5.74, 6) is -0.476. The van der Waals surface area contributed by atoms with Crippen molar-refractivity contribution in [1.82, 2.24) is 5.32 Å². The molecule has 1 fully saturated rings. The molecule has 1 aromatic carbocycles. The maximum absolute atomic E-state index is 14.2. The molecule has 1 N–H and O–H groups in total. The van der Waals surface area contributed by atoms with Crippen molar-refractivity contribution in [2.75, 3.05) is 6.54 Å². The molecule has 1 aromatic rings. The molecule has 3 unspecified atom stereocenters. The second-order valence-corrected chi connectivity index (χ2v) is 5.70. The fourth-order valence-electron chi connectivity index (χ4n) is 3.21. The fourth-order valence-corrected chi connectivity index (χ4v) is 3.21. The molecular weight excluding hydrogens is 244 g/mol. The molecule has 0 heterocycles. The molecule has 0 amide bonds. The third-order valence-corrected chi connectivity index (χ3v) is 4.40. The van der Waals surface area contributed by atoms with E-state index in [0.717, 1.165) is 25.8 Å². The third-order valence-electron chi connectivity index (χ3n) is 4.40. The van der Waals surface area contributed by atoms with Crippen molar-refractivity contribution in [3.63, 3.8) is 0 Å². The molecule has 0 spiro atoms. The minimum absolute atomic E-state index is 0.00532. The quantitative estimate of drug-likeness (QED) is 0.864. The van der Waals surface area contributed by atoms with Crippen LogP contribution in [0.25, 0.3) is 0 Å². The maximum atomic E-state index is 14.2. The average molecular weight is 267 g/mol. The van der Waals surface area contributed by atoms with Gasteiger partial charge in [0.25, 0.3) is 0 Å². The largest absolute Gasteiger partial charge is 0.314 e. The zero-order valence-electron chi connectivity index (χ0n) is 12.0. The van der Waals surface area contributed by atoms with Crippen LogP contribution in [0.5, 0.6) is 0 Å². The Balaban J connectivity index is 2.22. The Bertz CT molecular complexity index is 445. The molecule has 0 aromatic heterocycles. The van der Waals surface area contributed by atoms with Crippen LogP contribution in [0.4, 0.5) is 8.78 Å². The summed E-state index contributed by atoms with van der Waals surface area (Å²) in [5.41, 5.74) is 0.835. The summed E-state index contributed by atoms with van der Waals surface area (Å²) in [6.45, 7) is 6.90. The number of hydrogen-bond acceptors (Lipinski definition) is 1. The Morgan fingerprint density at radius 2 is 2.00 bits per heavy atom. The third kappa shape index (κ3) is 2.81. The highest BCUT2D eigenvalue weighted by Crippen LogP contribution is 2.42. The Kier molecular flexibility index (Phi) is 4.56. The highest BCUT2D eigenvalue weighted by Gasteiger charge is 2.36. The summed E-state index contributed by atoms with van der Waals surface area (Å²) in [5, 5.41) is 3.49.